The second kappa shape index (κ2) is 7.45. The van der Waals surface area contributed by atoms with Crippen LogP contribution in [0.1, 0.15) is 36.0 Å². The lowest BCUT2D eigenvalue weighted by atomic mass is 9.82. The van der Waals surface area contributed by atoms with Crippen LogP contribution in [0.15, 0.2) is 23.4 Å². The van der Waals surface area contributed by atoms with Crippen LogP contribution in [-0.4, -0.2) is 34.8 Å². The van der Waals surface area contributed by atoms with E-state index in [1.165, 1.54) is 11.8 Å². The lowest BCUT2D eigenvalue weighted by Crippen LogP contribution is -2.32. The quantitative estimate of drug-likeness (QED) is 0.817. The van der Waals surface area contributed by atoms with Crippen molar-refractivity contribution < 1.29 is 14.7 Å². The number of carboxylic acids is 1. The molecule has 0 unspecified atom stereocenters. The largest absolute Gasteiger partial charge is 0.481 e. The van der Waals surface area contributed by atoms with E-state index in [-0.39, 0.29) is 11.8 Å². The van der Waals surface area contributed by atoms with E-state index in [0.717, 1.165) is 17.9 Å². The average Bonchev–Trinajstić information content (AvgIpc) is 2.52. The Morgan fingerprint density at radius 2 is 2.10 bits per heavy atom. The van der Waals surface area contributed by atoms with Crippen molar-refractivity contribution in [3.05, 3.63) is 23.9 Å². The second-order valence-corrected chi connectivity index (χ2v) is 6.12. The third-order valence-corrected chi connectivity index (χ3v) is 4.67. The molecule has 5 nitrogen and oxygen atoms in total. The van der Waals surface area contributed by atoms with E-state index in [1.54, 1.807) is 18.3 Å². The van der Waals surface area contributed by atoms with Gasteiger partial charge >= 0.3 is 5.97 Å². The van der Waals surface area contributed by atoms with Crippen LogP contribution in [0.25, 0.3) is 0 Å². The highest BCUT2D eigenvalue weighted by atomic mass is 32.2. The number of carbonyl (C=O) groups excluding carboxylic acids is 1. The van der Waals surface area contributed by atoms with Gasteiger partial charge < -0.3 is 10.4 Å². The van der Waals surface area contributed by atoms with E-state index < -0.39 is 5.97 Å². The number of aliphatic carboxylic acids is 1. The third kappa shape index (κ3) is 4.20. The van der Waals surface area contributed by atoms with Gasteiger partial charge in [0.2, 0.25) is 0 Å². The number of hydrogen-bond donors (Lipinski definition) is 2. The first-order chi connectivity index (χ1) is 10.1. The van der Waals surface area contributed by atoms with E-state index >= 15 is 0 Å². The van der Waals surface area contributed by atoms with Crippen LogP contribution >= 0.6 is 11.8 Å². The number of carbonyl (C=O) groups is 2. The Kier molecular flexibility index (Phi) is 5.61. The molecule has 0 spiro atoms. The molecule has 21 heavy (non-hydrogen) atoms. The Hall–Kier alpha value is -1.56. The number of nitrogens with one attached hydrogen (secondary N) is 1. The molecule has 2 N–H and O–H groups in total. The summed E-state index contributed by atoms with van der Waals surface area (Å²) in [5.74, 6) is -0.636. The maximum atomic E-state index is 12.2. The molecule has 1 aromatic heterocycles. The monoisotopic (exact) mass is 308 g/mol. The Morgan fingerprint density at radius 1 is 1.38 bits per heavy atom. The zero-order chi connectivity index (χ0) is 15.2. The summed E-state index contributed by atoms with van der Waals surface area (Å²) < 4.78 is 0. The van der Waals surface area contributed by atoms with Gasteiger partial charge in [-0.05, 0) is 50.0 Å². The lowest BCUT2D eigenvalue weighted by molar-refractivity contribution is -0.143. The van der Waals surface area contributed by atoms with Crippen molar-refractivity contribution in [2.24, 2.45) is 11.8 Å². The molecule has 0 radical (unpaired) electrons. The molecule has 2 rings (SSSR count). The number of amides is 1. The van der Waals surface area contributed by atoms with E-state index in [1.807, 2.05) is 6.26 Å². The standard InChI is InChI=1S/C15H20N2O3S/c1-21-14-12(3-2-8-16-14)13(18)17-9-10-4-6-11(7-5-10)15(19)20/h2-3,8,10-11H,4-7,9H2,1H3,(H,17,18)(H,19,20). The molecule has 6 heteroatoms. The van der Waals surface area contributed by atoms with Crippen molar-refractivity contribution in [3.63, 3.8) is 0 Å². The fraction of sp³-hybridized carbons (Fsp3) is 0.533. The minimum Gasteiger partial charge on any atom is -0.481 e. The lowest BCUT2D eigenvalue weighted by Gasteiger charge is -2.26. The van der Waals surface area contributed by atoms with Crippen LogP contribution in [0.5, 0.6) is 0 Å². The molecule has 0 aromatic carbocycles. The van der Waals surface area contributed by atoms with Gasteiger partial charge in [0.25, 0.3) is 5.91 Å². The normalized spacial score (nSPS) is 21.8. The summed E-state index contributed by atoms with van der Waals surface area (Å²) in [6.45, 7) is 0.605. The van der Waals surface area contributed by atoms with E-state index in [4.69, 9.17) is 5.11 Å². The summed E-state index contributed by atoms with van der Waals surface area (Å²) >= 11 is 1.45. The first kappa shape index (κ1) is 15.8. The molecule has 0 saturated heterocycles. The fourth-order valence-corrected chi connectivity index (χ4v) is 3.22. The van der Waals surface area contributed by atoms with Crippen molar-refractivity contribution in [2.75, 3.05) is 12.8 Å². The highest BCUT2D eigenvalue weighted by Gasteiger charge is 2.26. The maximum Gasteiger partial charge on any atom is 0.306 e. The van der Waals surface area contributed by atoms with Crippen LogP contribution in [-0.2, 0) is 4.79 Å². The average molecular weight is 308 g/mol. The molecule has 1 fully saturated rings. The Morgan fingerprint density at radius 3 is 2.71 bits per heavy atom. The van der Waals surface area contributed by atoms with Gasteiger partial charge in [-0.15, -0.1) is 11.8 Å². The number of carboxylic acid groups (broad SMARTS) is 1. The fourth-order valence-electron chi connectivity index (χ4n) is 2.67. The van der Waals surface area contributed by atoms with Crippen LogP contribution in [0.2, 0.25) is 0 Å². The maximum absolute atomic E-state index is 12.2. The van der Waals surface area contributed by atoms with Crippen molar-refractivity contribution in [1.29, 1.82) is 0 Å². The second-order valence-electron chi connectivity index (χ2n) is 5.33. The third-order valence-electron chi connectivity index (χ3n) is 3.96. The zero-order valence-electron chi connectivity index (χ0n) is 12.0. The summed E-state index contributed by atoms with van der Waals surface area (Å²) in [6, 6.07) is 3.53. The van der Waals surface area contributed by atoms with Crippen LogP contribution in [0.3, 0.4) is 0 Å². The van der Waals surface area contributed by atoms with Crippen molar-refractivity contribution >= 4 is 23.6 Å². The molecule has 0 atom stereocenters. The first-order valence-corrected chi connectivity index (χ1v) is 8.34. The van der Waals surface area contributed by atoms with Crippen molar-refractivity contribution in [2.45, 2.75) is 30.7 Å². The summed E-state index contributed by atoms with van der Waals surface area (Å²) in [5, 5.41) is 12.6. The molecule has 1 aliphatic rings. The molecule has 1 aromatic rings. The van der Waals surface area contributed by atoms with Gasteiger partial charge in [-0.3, -0.25) is 9.59 Å². The summed E-state index contributed by atoms with van der Waals surface area (Å²) in [6.07, 6.45) is 6.71. The summed E-state index contributed by atoms with van der Waals surface area (Å²) in [5.41, 5.74) is 0.601. The molecule has 1 aliphatic carbocycles. The SMILES string of the molecule is CSc1ncccc1C(=O)NCC1CCC(C(=O)O)CC1. The molecular formula is C15H20N2O3S. The van der Waals surface area contributed by atoms with Gasteiger partial charge in [-0.25, -0.2) is 4.98 Å². The number of nitrogens with zero attached hydrogens (tertiary/aromatic N) is 1. The van der Waals surface area contributed by atoms with Gasteiger partial charge in [0.1, 0.15) is 5.03 Å². The van der Waals surface area contributed by atoms with E-state index in [0.29, 0.717) is 30.9 Å². The summed E-state index contributed by atoms with van der Waals surface area (Å²) in [4.78, 5) is 27.3. The number of rotatable bonds is 5. The summed E-state index contributed by atoms with van der Waals surface area (Å²) in [7, 11) is 0. The highest BCUT2D eigenvalue weighted by molar-refractivity contribution is 7.98. The van der Waals surface area contributed by atoms with Gasteiger partial charge in [0, 0.05) is 12.7 Å². The van der Waals surface area contributed by atoms with E-state index in [2.05, 4.69) is 10.3 Å². The van der Waals surface area contributed by atoms with Gasteiger partial charge in [-0.1, -0.05) is 0 Å². The number of hydrogen-bond acceptors (Lipinski definition) is 4. The van der Waals surface area contributed by atoms with Gasteiger partial charge in [0.15, 0.2) is 0 Å². The highest BCUT2D eigenvalue weighted by Crippen LogP contribution is 2.28. The Bertz CT molecular complexity index is 513. The molecule has 1 heterocycles. The smallest absolute Gasteiger partial charge is 0.306 e. The van der Waals surface area contributed by atoms with Crippen LogP contribution < -0.4 is 5.32 Å². The predicted octanol–water partition coefficient (Wildman–Crippen LogP) is 2.42. The Labute approximate surface area is 128 Å². The van der Waals surface area contributed by atoms with Crippen molar-refractivity contribution in [1.82, 2.24) is 10.3 Å². The minimum atomic E-state index is -0.697. The van der Waals surface area contributed by atoms with Crippen molar-refractivity contribution in [3.8, 4) is 0 Å². The Balaban J connectivity index is 1.84. The zero-order valence-corrected chi connectivity index (χ0v) is 12.9. The predicted molar refractivity (Wildman–Crippen MR) is 81.4 cm³/mol. The molecular weight excluding hydrogens is 288 g/mol. The molecule has 0 bridgehead atoms. The number of pyridine rings is 1. The first-order valence-electron chi connectivity index (χ1n) is 7.11. The van der Waals surface area contributed by atoms with E-state index in [9.17, 15) is 9.59 Å². The molecule has 0 aliphatic heterocycles. The van der Waals surface area contributed by atoms with Gasteiger partial charge in [0.05, 0.1) is 11.5 Å². The van der Waals surface area contributed by atoms with Gasteiger partial charge in [-0.2, -0.15) is 0 Å². The number of thioether (sulfide) groups is 1. The minimum absolute atomic E-state index is 0.104. The molecule has 1 amide bonds. The molecule has 114 valence electrons. The molecule has 1 saturated carbocycles. The van der Waals surface area contributed by atoms with Crippen LogP contribution in [0.4, 0.5) is 0 Å². The van der Waals surface area contributed by atoms with Crippen LogP contribution in [0, 0.1) is 11.8 Å². The topological polar surface area (TPSA) is 79.3 Å². The number of aromatic nitrogens is 1.